The van der Waals surface area contributed by atoms with Gasteiger partial charge >= 0.3 is 0 Å². The summed E-state index contributed by atoms with van der Waals surface area (Å²) in [5, 5.41) is 14.3. The van der Waals surface area contributed by atoms with Crippen LogP contribution in [0.1, 0.15) is 37.7 Å². The lowest BCUT2D eigenvalue weighted by atomic mass is 9.92. The first-order valence-electron chi connectivity index (χ1n) is 11.2. The van der Waals surface area contributed by atoms with Crippen LogP contribution in [0.2, 0.25) is 5.02 Å². The van der Waals surface area contributed by atoms with E-state index in [0.717, 1.165) is 35.0 Å². The van der Waals surface area contributed by atoms with Crippen molar-refractivity contribution in [3.05, 3.63) is 65.3 Å². The van der Waals surface area contributed by atoms with Crippen LogP contribution in [0, 0.1) is 12.7 Å². The minimum absolute atomic E-state index is 0.0697. The van der Waals surface area contributed by atoms with Crippen LogP contribution in [-0.4, -0.2) is 38.2 Å². The number of nitrogens with zero attached hydrogens (tertiary/aromatic N) is 4. The predicted molar refractivity (Wildman–Crippen MR) is 131 cm³/mol. The molecule has 0 bridgehead atoms. The second-order valence-electron chi connectivity index (χ2n) is 8.79. The van der Waals surface area contributed by atoms with E-state index in [1.165, 1.54) is 24.5 Å². The summed E-state index contributed by atoms with van der Waals surface area (Å²) in [6.07, 6.45) is 7.28. The lowest BCUT2D eigenvalue weighted by Crippen LogP contribution is -2.40. The number of anilines is 1. The van der Waals surface area contributed by atoms with Crippen molar-refractivity contribution in [3.63, 3.8) is 0 Å². The third-order valence-corrected chi connectivity index (χ3v) is 8.04. The Hall–Kier alpha value is -3.08. The van der Waals surface area contributed by atoms with Gasteiger partial charge in [-0.3, -0.25) is 0 Å². The lowest BCUT2D eigenvalue weighted by Gasteiger charge is -2.33. The van der Waals surface area contributed by atoms with E-state index in [2.05, 4.69) is 20.3 Å². The molecule has 0 atom stereocenters. The van der Waals surface area contributed by atoms with E-state index in [0.29, 0.717) is 28.8 Å². The number of pyridine rings is 1. The van der Waals surface area contributed by atoms with Crippen molar-refractivity contribution >= 4 is 38.5 Å². The van der Waals surface area contributed by atoms with E-state index >= 15 is 0 Å². The van der Waals surface area contributed by atoms with Gasteiger partial charge < -0.3 is 10.4 Å². The first-order valence-corrected chi connectivity index (χ1v) is 13.0. The third-order valence-electron chi connectivity index (χ3n) is 6.17. The van der Waals surface area contributed by atoms with E-state index in [-0.39, 0.29) is 22.2 Å². The van der Waals surface area contributed by atoms with Gasteiger partial charge in [-0.1, -0.05) is 35.7 Å². The summed E-state index contributed by atoms with van der Waals surface area (Å²) in [7, 11) is -4.01. The topological polar surface area (TPSA) is 110 Å². The maximum absolute atomic E-state index is 14.6. The smallest absolute Gasteiger partial charge is 0.269 e. The molecule has 11 heteroatoms. The summed E-state index contributed by atoms with van der Waals surface area (Å²) in [6.45, 7) is 1.87. The standard InChI is InChI=1S/C24H23ClFN5O3S/c1-15-5-7-17(8-6-15)35(33,34)31-14-19(18-11-16(25)12-28-23(18)31)21-27-13-20(26)22(29-21)30-24(32)9-3-2-4-10-24/h5-8,11-14,32H,2-4,9-10H2,1H3,(H,27,29,30). The molecule has 35 heavy (non-hydrogen) atoms. The molecule has 1 aliphatic carbocycles. The molecular formula is C24H23ClFN5O3S. The van der Waals surface area contributed by atoms with Crippen LogP contribution in [0.4, 0.5) is 10.2 Å². The molecule has 1 aromatic carbocycles. The molecule has 2 N–H and O–H groups in total. The second kappa shape index (κ2) is 8.85. The lowest BCUT2D eigenvalue weighted by molar-refractivity contribution is 0.0309. The van der Waals surface area contributed by atoms with Gasteiger partial charge in [0.1, 0.15) is 5.72 Å². The fourth-order valence-corrected chi connectivity index (χ4v) is 5.79. The molecule has 0 aliphatic heterocycles. The van der Waals surface area contributed by atoms with Crippen molar-refractivity contribution in [2.24, 2.45) is 0 Å². The van der Waals surface area contributed by atoms with E-state index in [4.69, 9.17) is 11.6 Å². The first kappa shape index (κ1) is 23.7. The molecule has 8 nitrogen and oxygen atoms in total. The van der Waals surface area contributed by atoms with Crippen LogP contribution in [0.25, 0.3) is 22.4 Å². The van der Waals surface area contributed by atoms with E-state index < -0.39 is 21.6 Å². The zero-order valence-electron chi connectivity index (χ0n) is 18.9. The van der Waals surface area contributed by atoms with Gasteiger partial charge in [0, 0.05) is 23.3 Å². The second-order valence-corrected chi connectivity index (χ2v) is 11.0. The predicted octanol–water partition coefficient (Wildman–Crippen LogP) is 4.90. The Balaban J connectivity index is 1.64. The van der Waals surface area contributed by atoms with Gasteiger partial charge in [0.05, 0.1) is 16.1 Å². The molecular weight excluding hydrogens is 493 g/mol. The minimum atomic E-state index is -4.01. The van der Waals surface area contributed by atoms with Gasteiger partial charge in [-0.05, 0) is 50.8 Å². The van der Waals surface area contributed by atoms with Crippen LogP contribution >= 0.6 is 11.6 Å². The number of aryl methyl sites for hydroxylation is 1. The van der Waals surface area contributed by atoms with Crippen LogP contribution in [0.5, 0.6) is 0 Å². The van der Waals surface area contributed by atoms with Crippen molar-refractivity contribution in [1.82, 2.24) is 18.9 Å². The summed E-state index contributed by atoms with van der Waals surface area (Å²) in [5.41, 5.74) is 0.104. The number of fused-ring (bicyclic) bond motifs is 1. The number of nitrogens with one attached hydrogen (secondary N) is 1. The van der Waals surface area contributed by atoms with E-state index in [1.54, 1.807) is 18.2 Å². The van der Waals surface area contributed by atoms with Gasteiger partial charge in [-0.2, -0.15) is 0 Å². The number of aliphatic hydroxyl groups is 1. The highest BCUT2D eigenvalue weighted by Crippen LogP contribution is 2.34. The first-order chi connectivity index (χ1) is 16.7. The Labute approximate surface area is 206 Å². The quantitative estimate of drug-likeness (QED) is 0.364. The van der Waals surface area contributed by atoms with Crippen LogP contribution in [0.3, 0.4) is 0 Å². The molecule has 1 aliphatic rings. The monoisotopic (exact) mass is 515 g/mol. The molecule has 1 fully saturated rings. The normalized spacial score (nSPS) is 15.9. The molecule has 3 heterocycles. The maximum atomic E-state index is 14.6. The highest BCUT2D eigenvalue weighted by Gasteiger charge is 2.31. The fourth-order valence-electron chi connectivity index (χ4n) is 4.31. The zero-order valence-corrected chi connectivity index (χ0v) is 20.4. The molecule has 182 valence electrons. The molecule has 0 radical (unpaired) electrons. The van der Waals surface area contributed by atoms with Gasteiger partial charge in [0.15, 0.2) is 23.1 Å². The Morgan fingerprint density at radius 2 is 1.83 bits per heavy atom. The summed E-state index contributed by atoms with van der Waals surface area (Å²) >= 11 is 6.17. The maximum Gasteiger partial charge on any atom is 0.269 e. The average Bonchev–Trinajstić information content (AvgIpc) is 3.20. The summed E-state index contributed by atoms with van der Waals surface area (Å²) < 4.78 is 42.6. The average molecular weight is 516 g/mol. The number of aromatic nitrogens is 4. The molecule has 5 rings (SSSR count). The molecule has 0 saturated heterocycles. The van der Waals surface area contributed by atoms with Crippen LogP contribution in [-0.2, 0) is 10.0 Å². The largest absolute Gasteiger partial charge is 0.371 e. The highest BCUT2D eigenvalue weighted by molar-refractivity contribution is 7.90. The van der Waals surface area contributed by atoms with Gasteiger partial charge in [0.25, 0.3) is 10.0 Å². The number of rotatable bonds is 5. The third kappa shape index (κ3) is 4.49. The van der Waals surface area contributed by atoms with Crippen molar-refractivity contribution < 1.29 is 17.9 Å². The summed E-state index contributed by atoms with van der Waals surface area (Å²) in [4.78, 5) is 12.7. The molecule has 0 amide bonds. The molecule has 4 aromatic rings. The number of benzene rings is 1. The molecule has 0 unspecified atom stereocenters. The van der Waals surface area contributed by atoms with Crippen molar-refractivity contribution in [2.45, 2.75) is 49.6 Å². The van der Waals surface area contributed by atoms with Gasteiger partial charge in [0.2, 0.25) is 0 Å². The van der Waals surface area contributed by atoms with Crippen molar-refractivity contribution in [1.29, 1.82) is 0 Å². The Kier molecular flexibility index (Phi) is 5.98. The summed E-state index contributed by atoms with van der Waals surface area (Å²) in [5.74, 6) is -0.808. The summed E-state index contributed by atoms with van der Waals surface area (Å²) in [6, 6.07) is 8.03. The van der Waals surface area contributed by atoms with Crippen LogP contribution in [0.15, 0.2) is 53.8 Å². The number of hydrogen-bond donors (Lipinski definition) is 2. The van der Waals surface area contributed by atoms with Gasteiger partial charge in [-0.15, -0.1) is 0 Å². The van der Waals surface area contributed by atoms with E-state index in [1.807, 2.05) is 6.92 Å². The minimum Gasteiger partial charge on any atom is -0.371 e. The van der Waals surface area contributed by atoms with Gasteiger partial charge in [-0.25, -0.2) is 31.7 Å². The molecule has 0 spiro atoms. The van der Waals surface area contributed by atoms with Crippen molar-refractivity contribution in [2.75, 3.05) is 5.32 Å². The number of halogens is 2. The van der Waals surface area contributed by atoms with E-state index in [9.17, 15) is 17.9 Å². The van der Waals surface area contributed by atoms with Crippen molar-refractivity contribution in [3.8, 4) is 11.4 Å². The SMILES string of the molecule is Cc1ccc(S(=O)(=O)n2cc(-c3ncc(F)c(NC4(O)CCCCC4)n3)c3cc(Cl)cnc32)cc1. The van der Waals surface area contributed by atoms with Crippen LogP contribution < -0.4 is 5.32 Å². The molecule has 1 saturated carbocycles. The molecule has 3 aromatic heterocycles. The Bertz CT molecular complexity index is 1520. The Morgan fingerprint density at radius 3 is 2.54 bits per heavy atom. The highest BCUT2D eigenvalue weighted by atomic mass is 35.5. The zero-order chi connectivity index (χ0) is 24.8. The number of hydrogen-bond acceptors (Lipinski definition) is 7. The fraction of sp³-hybridized carbons (Fsp3) is 0.292. The Morgan fingerprint density at radius 1 is 1.11 bits per heavy atom.